The van der Waals surface area contributed by atoms with Crippen LogP contribution in [-0.4, -0.2) is 60.8 Å². The molecule has 0 saturated carbocycles. The first-order chi connectivity index (χ1) is 21.8. The number of rotatable bonds is 9. The highest BCUT2D eigenvalue weighted by Gasteiger charge is 2.54. The Morgan fingerprint density at radius 3 is 2.00 bits per heavy atom. The van der Waals surface area contributed by atoms with Crippen LogP contribution in [0.15, 0.2) is 67.3 Å². The van der Waals surface area contributed by atoms with Crippen molar-refractivity contribution in [3.8, 4) is 0 Å². The van der Waals surface area contributed by atoms with Crippen molar-refractivity contribution >= 4 is 5.91 Å². The second-order valence-electron chi connectivity index (χ2n) is 11.7. The molecule has 2 aromatic carbocycles. The molecule has 2 N–H and O–H groups in total. The first kappa shape index (κ1) is 31.7. The van der Waals surface area contributed by atoms with Gasteiger partial charge in [0.1, 0.15) is 5.82 Å². The summed E-state index contributed by atoms with van der Waals surface area (Å²) in [5, 5.41) is 13.5. The van der Waals surface area contributed by atoms with Crippen LogP contribution in [0.2, 0.25) is 0 Å². The standard InChI is InChI=1S/C31H29F7N6O2/c1-17(21-6-22(30(33,34)35)8-23(7-21)31(36,37)38)46-27-16-44-25(28(27)20-2-4-24(32)5-3-20)9-26(29(44)45)43(14-18-10-39-40-11-18)15-19-12-41-42-13-19/h2-8,10-13,17,25-28H,9,14-16H2,1H3,(H,39,40)(H,41,42)/t17-,25+,26?,27+,28+/m1/s1. The number of aromatic amines is 2. The van der Waals surface area contributed by atoms with Crippen molar-refractivity contribution in [3.05, 3.63) is 106 Å². The number of carbonyl (C=O) groups excluding carboxylic acids is 1. The summed E-state index contributed by atoms with van der Waals surface area (Å²) in [6, 6.07) is 6.02. The molecule has 15 heteroatoms. The van der Waals surface area contributed by atoms with Gasteiger partial charge < -0.3 is 9.64 Å². The lowest BCUT2D eigenvalue weighted by molar-refractivity contribution is -0.143. The summed E-state index contributed by atoms with van der Waals surface area (Å²) in [4.78, 5) is 17.7. The Morgan fingerprint density at radius 2 is 1.50 bits per heavy atom. The molecule has 4 heterocycles. The summed E-state index contributed by atoms with van der Waals surface area (Å²) >= 11 is 0. The fourth-order valence-electron chi connectivity index (χ4n) is 6.52. The zero-order valence-corrected chi connectivity index (χ0v) is 24.3. The van der Waals surface area contributed by atoms with E-state index in [0.29, 0.717) is 37.2 Å². The summed E-state index contributed by atoms with van der Waals surface area (Å²) in [5.74, 6) is -1.21. The predicted octanol–water partition coefficient (Wildman–Crippen LogP) is 6.23. The largest absolute Gasteiger partial charge is 0.416 e. The summed E-state index contributed by atoms with van der Waals surface area (Å²) < 4.78 is 102. The first-order valence-corrected chi connectivity index (χ1v) is 14.5. The van der Waals surface area contributed by atoms with E-state index >= 15 is 0 Å². The predicted molar refractivity (Wildman–Crippen MR) is 149 cm³/mol. The first-order valence-electron chi connectivity index (χ1n) is 14.5. The Hall–Kier alpha value is -4.24. The maximum Gasteiger partial charge on any atom is 0.416 e. The number of nitrogens with zero attached hydrogens (tertiary/aromatic N) is 4. The second kappa shape index (κ2) is 12.2. The minimum Gasteiger partial charge on any atom is -0.368 e. The summed E-state index contributed by atoms with van der Waals surface area (Å²) in [6.07, 6.45) is -4.88. The Kier molecular flexibility index (Phi) is 8.40. The number of fused-ring (bicyclic) bond motifs is 1. The fourth-order valence-corrected chi connectivity index (χ4v) is 6.52. The number of carbonyl (C=O) groups is 1. The van der Waals surface area contributed by atoms with Gasteiger partial charge in [0, 0.05) is 55.1 Å². The smallest absolute Gasteiger partial charge is 0.368 e. The van der Waals surface area contributed by atoms with Crippen molar-refractivity contribution in [1.29, 1.82) is 0 Å². The van der Waals surface area contributed by atoms with E-state index in [-0.39, 0.29) is 24.1 Å². The summed E-state index contributed by atoms with van der Waals surface area (Å²) in [5.41, 5.74) is -0.842. The molecule has 2 aromatic heterocycles. The van der Waals surface area contributed by atoms with E-state index in [4.69, 9.17) is 4.74 Å². The van der Waals surface area contributed by atoms with Crippen LogP contribution >= 0.6 is 0 Å². The van der Waals surface area contributed by atoms with Gasteiger partial charge >= 0.3 is 12.4 Å². The van der Waals surface area contributed by atoms with Crippen LogP contribution in [0.4, 0.5) is 30.7 Å². The maximum atomic E-state index is 14.0. The van der Waals surface area contributed by atoms with Gasteiger partial charge in [-0.3, -0.25) is 19.9 Å². The van der Waals surface area contributed by atoms with Gasteiger partial charge in [-0.25, -0.2) is 4.39 Å². The van der Waals surface area contributed by atoms with Gasteiger partial charge in [-0.2, -0.15) is 36.5 Å². The van der Waals surface area contributed by atoms with Crippen molar-refractivity contribution in [1.82, 2.24) is 30.2 Å². The Bertz CT molecular complexity index is 1570. The fraction of sp³-hybridized carbons (Fsp3) is 0.387. The Morgan fingerprint density at radius 1 is 0.935 bits per heavy atom. The van der Waals surface area contributed by atoms with Crippen LogP contribution in [0.1, 0.15) is 58.7 Å². The van der Waals surface area contributed by atoms with E-state index in [2.05, 4.69) is 20.4 Å². The highest BCUT2D eigenvalue weighted by molar-refractivity contribution is 5.85. The van der Waals surface area contributed by atoms with Gasteiger partial charge in [-0.1, -0.05) is 12.1 Å². The monoisotopic (exact) mass is 650 g/mol. The Labute approximate surface area is 258 Å². The van der Waals surface area contributed by atoms with Crippen LogP contribution in [0.25, 0.3) is 0 Å². The molecule has 5 atom stereocenters. The summed E-state index contributed by atoms with van der Waals surface area (Å²) in [6.45, 7) is 2.22. The van der Waals surface area contributed by atoms with Crippen molar-refractivity contribution in [3.63, 3.8) is 0 Å². The molecule has 2 saturated heterocycles. The molecule has 2 aliphatic heterocycles. The van der Waals surface area contributed by atoms with E-state index in [1.807, 2.05) is 4.90 Å². The van der Waals surface area contributed by atoms with Crippen LogP contribution < -0.4 is 0 Å². The minimum absolute atomic E-state index is 0.0444. The molecule has 1 unspecified atom stereocenters. The van der Waals surface area contributed by atoms with Crippen molar-refractivity contribution in [2.24, 2.45) is 0 Å². The highest BCUT2D eigenvalue weighted by atomic mass is 19.4. The SMILES string of the molecule is C[C@@H](O[C@H]1CN2C(=O)C(N(Cc3cn[nH]c3)Cc3cn[nH]c3)C[C@H]2[C@@H]1c1ccc(F)cc1)c1cc(C(F)(F)F)cc(C(F)(F)F)c1. The topological polar surface area (TPSA) is 90.1 Å². The van der Waals surface area contributed by atoms with Crippen molar-refractivity contribution in [2.75, 3.05) is 6.54 Å². The number of hydrogen-bond acceptors (Lipinski definition) is 5. The maximum absolute atomic E-state index is 14.0. The van der Waals surface area contributed by atoms with E-state index < -0.39 is 59.5 Å². The van der Waals surface area contributed by atoms with Crippen LogP contribution in [-0.2, 0) is 35.0 Å². The molecule has 2 aliphatic rings. The number of hydrogen-bond donors (Lipinski definition) is 2. The van der Waals surface area contributed by atoms with Gasteiger partial charge in [-0.15, -0.1) is 0 Å². The third-order valence-corrected chi connectivity index (χ3v) is 8.66. The van der Waals surface area contributed by atoms with Gasteiger partial charge in [0.05, 0.1) is 41.8 Å². The summed E-state index contributed by atoms with van der Waals surface area (Å²) in [7, 11) is 0. The molecule has 8 nitrogen and oxygen atoms in total. The zero-order valence-electron chi connectivity index (χ0n) is 24.3. The lowest BCUT2D eigenvalue weighted by atomic mass is 9.87. The van der Waals surface area contributed by atoms with Crippen LogP contribution in [0.5, 0.6) is 0 Å². The molecule has 1 amide bonds. The number of aromatic nitrogens is 4. The average molecular weight is 651 g/mol. The lowest BCUT2D eigenvalue weighted by Crippen LogP contribution is -2.42. The quantitative estimate of drug-likeness (QED) is 0.210. The molecule has 0 aliphatic carbocycles. The molecule has 0 spiro atoms. The third kappa shape index (κ3) is 6.51. The highest BCUT2D eigenvalue weighted by Crippen LogP contribution is 2.45. The molecular formula is C31H29F7N6O2. The van der Waals surface area contributed by atoms with Gasteiger partial charge in [-0.05, 0) is 54.8 Å². The van der Waals surface area contributed by atoms with Gasteiger partial charge in [0.15, 0.2) is 0 Å². The number of H-pyrrole nitrogens is 2. The molecule has 244 valence electrons. The molecule has 46 heavy (non-hydrogen) atoms. The van der Waals surface area contributed by atoms with Gasteiger partial charge in [0.25, 0.3) is 0 Å². The van der Waals surface area contributed by atoms with Crippen molar-refractivity contribution in [2.45, 2.75) is 69.0 Å². The number of benzene rings is 2. The molecule has 6 rings (SSSR count). The van der Waals surface area contributed by atoms with Crippen LogP contribution in [0.3, 0.4) is 0 Å². The van der Waals surface area contributed by atoms with Crippen molar-refractivity contribution < 1.29 is 40.3 Å². The zero-order chi connectivity index (χ0) is 32.8. The number of amides is 1. The van der Waals surface area contributed by atoms with E-state index in [0.717, 1.165) is 11.1 Å². The minimum atomic E-state index is -5.01. The van der Waals surface area contributed by atoms with E-state index in [1.165, 1.54) is 19.1 Å². The van der Waals surface area contributed by atoms with E-state index in [1.54, 1.807) is 41.8 Å². The number of halogens is 7. The molecular weight excluding hydrogens is 621 g/mol. The molecule has 2 fully saturated rings. The van der Waals surface area contributed by atoms with Crippen LogP contribution in [0, 0.1) is 5.82 Å². The number of ether oxygens (including phenoxy) is 1. The number of nitrogens with one attached hydrogen (secondary N) is 2. The molecule has 0 radical (unpaired) electrons. The normalized spacial score (nSPS) is 22.5. The third-order valence-electron chi connectivity index (χ3n) is 8.66. The average Bonchev–Trinajstić information content (AvgIpc) is 3.80. The molecule has 0 bridgehead atoms. The second-order valence-corrected chi connectivity index (χ2v) is 11.7. The lowest BCUT2D eigenvalue weighted by Gasteiger charge is -2.30. The van der Waals surface area contributed by atoms with E-state index in [9.17, 15) is 35.5 Å². The van der Waals surface area contributed by atoms with Gasteiger partial charge in [0.2, 0.25) is 5.91 Å². The Balaban J connectivity index is 1.30. The number of alkyl halides is 6. The molecule has 4 aromatic rings.